The summed E-state index contributed by atoms with van der Waals surface area (Å²) in [4.78, 5) is 20.8. The Labute approximate surface area is 190 Å². The third-order valence-electron chi connectivity index (χ3n) is 5.72. The number of carbonyl (C=O) groups is 1. The molecular formula is C25H23BN4O3. The molecule has 0 unspecified atom stereocenters. The highest BCUT2D eigenvalue weighted by molar-refractivity contribution is 6.58. The lowest BCUT2D eigenvalue weighted by Crippen LogP contribution is -2.32. The minimum atomic E-state index is -1.60. The number of aromatic nitrogens is 2. The van der Waals surface area contributed by atoms with Crippen LogP contribution >= 0.6 is 0 Å². The van der Waals surface area contributed by atoms with Gasteiger partial charge in [0.25, 0.3) is 5.91 Å². The standard InChI is InChI=1S/C25H23BN4O3/c31-25(16-7-5-8-17(15-16)26(32)33)28-14-6-13-27-22-18-9-1-3-11-20(18)29-23-19-10-2-4-12-21(19)30-24(22)23/h1-5,7-12,15,30,32-33H,6,13-14H2,(H,27,29)(H,28,31). The van der Waals surface area contributed by atoms with Crippen molar-refractivity contribution in [2.75, 3.05) is 18.4 Å². The predicted octanol–water partition coefficient (Wildman–Crippen LogP) is 2.78. The van der Waals surface area contributed by atoms with Gasteiger partial charge in [-0.15, -0.1) is 0 Å². The Hall–Kier alpha value is -3.88. The lowest BCUT2D eigenvalue weighted by molar-refractivity contribution is 0.0953. The maximum atomic E-state index is 12.4. The van der Waals surface area contributed by atoms with E-state index in [2.05, 4.69) is 27.8 Å². The van der Waals surface area contributed by atoms with Gasteiger partial charge in [-0.25, -0.2) is 4.98 Å². The second-order valence-corrected chi connectivity index (χ2v) is 7.93. The Morgan fingerprint density at radius 2 is 1.73 bits per heavy atom. The largest absolute Gasteiger partial charge is 0.488 e. The fourth-order valence-corrected chi connectivity index (χ4v) is 4.09. The summed E-state index contributed by atoms with van der Waals surface area (Å²) in [6, 6.07) is 22.5. The molecule has 0 saturated heterocycles. The smallest absolute Gasteiger partial charge is 0.423 e. The van der Waals surface area contributed by atoms with Crippen molar-refractivity contribution in [3.05, 3.63) is 78.4 Å². The molecule has 0 fully saturated rings. The first-order chi connectivity index (χ1) is 16.1. The van der Waals surface area contributed by atoms with E-state index in [-0.39, 0.29) is 11.4 Å². The number of hydrogen-bond acceptors (Lipinski definition) is 5. The number of nitrogens with zero attached hydrogens (tertiary/aromatic N) is 1. The summed E-state index contributed by atoms with van der Waals surface area (Å²) in [7, 11) is -1.60. The van der Waals surface area contributed by atoms with Crippen LogP contribution in [-0.2, 0) is 0 Å². The van der Waals surface area contributed by atoms with Crippen LogP contribution in [0, 0.1) is 0 Å². The zero-order chi connectivity index (χ0) is 22.8. The number of para-hydroxylation sites is 2. The van der Waals surface area contributed by atoms with Crippen LogP contribution in [0.1, 0.15) is 16.8 Å². The number of aromatic amines is 1. The number of fused-ring (bicyclic) bond motifs is 4. The Morgan fingerprint density at radius 1 is 0.939 bits per heavy atom. The van der Waals surface area contributed by atoms with Gasteiger partial charge < -0.3 is 25.7 Å². The highest BCUT2D eigenvalue weighted by Gasteiger charge is 2.15. The summed E-state index contributed by atoms with van der Waals surface area (Å²) in [6.45, 7) is 1.14. The fraction of sp³-hybridized carbons (Fsp3) is 0.120. The molecule has 0 aliphatic heterocycles. The molecule has 164 valence electrons. The molecule has 0 aliphatic rings. The minimum Gasteiger partial charge on any atom is -0.423 e. The monoisotopic (exact) mass is 438 g/mol. The van der Waals surface area contributed by atoms with Crippen molar-refractivity contribution >= 4 is 57.0 Å². The molecule has 2 aromatic heterocycles. The maximum Gasteiger partial charge on any atom is 0.488 e. The molecule has 7 nitrogen and oxygen atoms in total. The number of H-pyrrole nitrogens is 1. The van der Waals surface area contributed by atoms with Gasteiger partial charge in [0.1, 0.15) is 0 Å². The molecule has 0 spiro atoms. The summed E-state index contributed by atoms with van der Waals surface area (Å²) in [6.07, 6.45) is 0.715. The number of rotatable bonds is 7. The topological polar surface area (TPSA) is 110 Å². The summed E-state index contributed by atoms with van der Waals surface area (Å²) in [5.74, 6) is -0.245. The van der Waals surface area contributed by atoms with E-state index in [9.17, 15) is 14.8 Å². The highest BCUT2D eigenvalue weighted by Crippen LogP contribution is 2.34. The molecular weight excluding hydrogens is 415 g/mol. The molecule has 0 atom stereocenters. The van der Waals surface area contributed by atoms with E-state index in [0.717, 1.165) is 38.5 Å². The van der Waals surface area contributed by atoms with Crippen molar-refractivity contribution in [2.45, 2.75) is 6.42 Å². The predicted molar refractivity (Wildman–Crippen MR) is 133 cm³/mol. The molecule has 2 heterocycles. The molecule has 5 aromatic rings. The van der Waals surface area contributed by atoms with Gasteiger partial charge in [-0.05, 0) is 36.1 Å². The van der Waals surface area contributed by atoms with Crippen LogP contribution in [0.5, 0.6) is 0 Å². The molecule has 0 aliphatic carbocycles. The second kappa shape index (κ2) is 8.93. The third-order valence-corrected chi connectivity index (χ3v) is 5.72. The van der Waals surface area contributed by atoms with E-state index < -0.39 is 7.12 Å². The SMILES string of the molecule is O=C(NCCCNc1c2ccccc2nc2c1[nH]c1ccccc12)c1cccc(B(O)O)c1. The van der Waals surface area contributed by atoms with Crippen molar-refractivity contribution in [3.8, 4) is 0 Å². The highest BCUT2D eigenvalue weighted by atomic mass is 16.4. The van der Waals surface area contributed by atoms with Crippen LogP contribution in [0.4, 0.5) is 5.69 Å². The van der Waals surface area contributed by atoms with Gasteiger partial charge in [-0.3, -0.25) is 4.79 Å². The number of hydrogen-bond donors (Lipinski definition) is 5. The molecule has 5 rings (SSSR count). The van der Waals surface area contributed by atoms with Gasteiger partial charge in [0, 0.05) is 34.9 Å². The first-order valence-electron chi connectivity index (χ1n) is 10.9. The van der Waals surface area contributed by atoms with Crippen LogP contribution in [0.25, 0.3) is 32.8 Å². The van der Waals surface area contributed by atoms with Crippen molar-refractivity contribution in [3.63, 3.8) is 0 Å². The number of anilines is 1. The molecule has 1 amide bonds. The minimum absolute atomic E-state index is 0.245. The van der Waals surface area contributed by atoms with Crippen LogP contribution in [0.3, 0.4) is 0 Å². The van der Waals surface area contributed by atoms with Gasteiger partial charge in [-0.2, -0.15) is 0 Å². The lowest BCUT2D eigenvalue weighted by Gasteiger charge is -2.12. The first-order valence-corrected chi connectivity index (χ1v) is 10.9. The number of pyridine rings is 1. The van der Waals surface area contributed by atoms with E-state index >= 15 is 0 Å². The number of carbonyl (C=O) groups excluding carboxylic acids is 1. The fourth-order valence-electron chi connectivity index (χ4n) is 4.09. The van der Waals surface area contributed by atoms with Gasteiger partial charge >= 0.3 is 7.12 Å². The van der Waals surface area contributed by atoms with Gasteiger partial charge in [0.05, 0.1) is 22.2 Å². The molecule has 0 radical (unpaired) electrons. The van der Waals surface area contributed by atoms with E-state index in [1.54, 1.807) is 18.2 Å². The Morgan fingerprint density at radius 3 is 2.58 bits per heavy atom. The quantitative estimate of drug-likeness (QED) is 0.198. The van der Waals surface area contributed by atoms with Gasteiger partial charge in [-0.1, -0.05) is 48.5 Å². The summed E-state index contributed by atoms with van der Waals surface area (Å²) >= 11 is 0. The molecule has 5 N–H and O–H groups in total. The lowest BCUT2D eigenvalue weighted by atomic mass is 9.79. The Balaban J connectivity index is 1.30. The molecule has 8 heteroatoms. The molecule has 0 bridgehead atoms. The Kier molecular flexibility index (Phi) is 5.68. The average Bonchev–Trinajstić information content (AvgIpc) is 3.21. The van der Waals surface area contributed by atoms with E-state index in [1.165, 1.54) is 6.07 Å². The zero-order valence-electron chi connectivity index (χ0n) is 17.9. The first kappa shape index (κ1) is 21.0. The van der Waals surface area contributed by atoms with Crippen molar-refractivity contribution in [1.29, 1.82) is 0 Å². The van der Waals surface area contributed by atoms with Crippen molar-refractivity contribution < 1.29 is 14.8 Å². The van der Waals surface area contributed by atoms with Gasteiger partial charge in [0.2, 0.25) is 0 Å². The van der Waals surface area contributed by atoms with E-state index in [0.29, 0.717) is 25.1 Å². The number of amides is 1. The summed E-state index contributed by atoms with van der Waals surface area (Å²) in [5, 5.41) is 27.1. The Bertz CT molecular complexity index is 1460. The number of nitrogens with one attached hydrogen (secondary N) is 3. The third kappa shape index (κ3) is 4.14. The zero-order valence-corrected chi connectivity index (χ0v) is 17.9. The van der Waals surface area contributed by atoms with Gasteiger partial charge in [0.15, 0.2) is 0 Å². The maximum absolute atomic E-state index is 12.4. The van der Waals surface area contributed by atoms with Crippen LogP contribution in [0.15, 0.2) is 72.8 Å². The molecule has 0 saturated carbocycles. The van der Waals surface area contributed by atoms with Crippen molar-refractivity contribution in [1.82, 2.24) is 15.3 Å². The summed E-state index contributed by atoms with van der Waals surface area (Å²) < 4.78 is 0. The summed E-state index contributed by atoms with van der Waals surface area (Å²) in [5.41, 5.74) is 5.56. The normalized spacial score (nSPS) is 11.2. The van der Waals surface area contributed by atoms with Crippen molar-refractivity contribution in [2.24, 2.45) is 0 Å². The van der Waals surface area contributed by atoms with E-state index in [1.807, 2.05) is 36.4 Å². The van der Waals surface area contributed by atoms with Crippen LogP contribution in [0.2, 0.25) is 0 Å². The number of benzene rings is 3. The van der Waals surface area contributed by atoms with E-state index in [4.69, 9.17) is 4.98 Å². The average molecular weight is 438 g/mol. The molecule has 3 aromatic carbocycles. The van der Waals surface area contributed by atoms with Crippen LogP contribution < -0.4 is 16.1 Å². The van der Waals surface area contributed by atoms with Crippen LogP contribution in [-0.4, -0.2) is 46.1 Å². The second-order valence-electron chi connectivity index (χ2n) is 7.93. The molecule has 33 heavy (non-hydrogen) atoms.